The third-order valence-corrected chi connectivity index (χ3v) is 3.97. The van der Waals surface area contributed by atoms with Crippen molar-refractivity contribution >= 4 is 32.1 Å². The topological polar surface area (TPSA) is 86.6 Å². The highest BCUT2D eigenvalue weighted by atomic mass is 28.4. The van der Waals surface area contributed by atoms with Crippen molar-refractivity contribution in [2.24, 2.45) is 9.65 Å². The molecule has 0 amide bonds. The molecular weight excluding hydrogens is 272 g/mol. The summed E-state index contributed by atoms with van der Waals surface area (Å²) >= 11 is 0. The molecule has 0 rings (SSSR count). The summed E-state index contributed by atoms with van der Waals surface area (Å²) in [6.07, 6.45) is 2.33. The third kappa shape index (κ3) is 7.41. The van der Waals surface area contributed by atoms with Crippen molar-refractivity contribution in [1.29, 1.82) is 0 Å². The lowest BCUT2D eigenvalue weighted by atomic mass is 10.4. The molecule has 0 aliphatic carbocycles. The van der Waals surface area contributed by atoms with Gasteiger partial charge in [0.2, 0.25) is 12.2 Å². The van der Waals surface area contributed by atoms with Crippen LogP contribution in [0.2, 0.25) is 0 Å². The molecule has 18 heavy (non-hydrogen) atoms. The normalized spacial score (nSPS) is 11.7. The zero-order chi connectivity index (χ0) is 13.1. The zero-order valence-corrected chi connectivity index (χ0v) is 11.1. The SMILES string of the molecule is CCO[Si](N=C=O)(OCC)OC(C)CN=C=O.[SiH4]. The number of carbonyl (C=O) groups excluding carboxylic acids is 2. The molecule has 0 aromatic rings. The third-order valence-electron chi connectivity index (χ3n) is 1.60. The summed E-state index contributed by atoms with van der Waals surface area (Å²) in [6.45, 7) is 5.83. The van der Waals surface area contributed by atoms with Gasteiger partial charge >= 0.3 is 8.97 Å². The molecule has 104 valence electrons. The van der Waals surface area contributed by atoms with Gasteiger partial charge in [0.15, 0.2) is 0 Å². The molecule has 0 bridgehead atoms. The Hall–Kier alpha value is -0.926. The first-order valence-electron chi connectivity index (χ1n) is 5.22. The van der Waals surface area contributed by atoms with Crippen molar-refractivity contribution in [2.75, 3.05) is 19.8 Å². The van der Waals surface area contributed by atoms with Crippen LogP contribution in [0, 0.1) is 0 Å². The molecule has 1 unspecified atom stereocenters. The van der Waals surface area contributed by atoms with Crippen molar-refractivity contribution in [2.45, 2.75) is 26.9 Å². The van der Waals surface area contributed by atoms with E-state index in [9.17, 15) is 9.59 Å². The fourth-order valence-corrected chi connectivity index (χ4v) is 2.90. The van der Waals surface area contributed by atoms with E-state index < -0.39 is 15.1 Å². The molecule has 0 aliphatic heterocycles. The van der Waals surface area contributed by atoms with E-state index in [4.69, 9.17) is 13.3 Å². The first-order chi connectivity index (χ1) is 8.14. The molecule has 7 nitrogen and oxygen atoms in total. The fourth-order valence-electron chi connectivity index (χ4n) is 1.08. The average molecular weight is 292 g/mol. The maximum atomic E-state index is 10.4. The zero-order valence-electron chi connectivity index (χ0n) is 10.1. The van der Waals surface area contributed by atoms with Gasteiger partial charge in [-0.05, 0) is 31.7 Å². The van der Waals surface area contributed by atoms with Gasteiger partial charge in [-0.3, -0.25) is 0 Å². The van der Waals surface area contributed by atoms with E-state index in [2.05, 4.69) is 9.65 Å². The van der Waals surface area contributed by atoms with E-state index in [0.29, 0.717) is 13.2 Å². The van der Waals surface area contributed by atoms with Crippen LogP contribution in [-0.2, 0) is 22.9 Å². The Morgan fingerprint density at radius 3 is 2.11 bits per heavy atom. The lowest BCUT2D eigenvalue weighted by Crippen LogP contribution is -2.47. The fraction of sp³-hybridized carbons (Fsp3) is 0.778. The number of hydrogen-bond acceptors (Lipinski definition) is 7. The standard InChI is InChI=1S/C9H16N2O5Si.H4Si/c1-4-14-17(11-8-13,15-5-2)16-9(3)6-10-7-12;/h9H,4-6H2,1-3H3;1H4. The quantitative estimate of drug-likeness (QED) is 0.313. The van der Waals surface area contributed by atoms with E-state index in [-0.39, 0.29) is 17.5 Å². The van der Waals surface area contributed by atoms with Gasteiger partial charge < -0.3 is 13.3 Å². The first-order valence-corrected chi connectivity index (χ1v) is 6.89. The van der Waals surface area contributed by atoms with Gasteiger partial charge in [0.25, 0.3) is 0 Å². The number of nitrogens with zero attached hydrogens (tertiary/aromatic N) is 2. The number of rotatable bonds is 9. The second-order valence-corrected chi connectivity index (χ2v) is 5.04. The highest BCUT2D eigenvalue weighted by Crippen LogP contribution is 2.14. The second-order valence-electron chi connectivity index (χ2n) is 2.95. The molecule has 9 heteroatoms. The Labute approximate surface area is 112 Å². The molecule has 0 aromatic heterocycles. The van der Waals surface area contributed by atoms with Crippen molar-refractivity contribution in [3.63, 3.8) is 0 Å². The summed E-state index contributed by atoms with van der Waals surface area (Å²) in [4.78, 5) is 23.7. The van der Waals surface area contributed by atoms with Gasteiger partial charge in [0.1, 0.15) is 0 Å². The van der Waals surface area contributed by atoms with E-state index in [0.717, 1.165) is 0 Å². The molecule has 0 aromatic carbocycles. The lowest BCUT2D eigenvalue weighted by molar-refractivity contribution is 0.0428. The summed E-state index contributed by atoms with van der Waals surface area (Å²) in [5.41, 5.74) is 0. The van der Waals surface area contributed by atoms with Crippen molar-refractivity contribution < 1.29 is 22.9 Å². The van der Waals surface area contributed by atoms with Crippen LogP contribution in [0.4, 0.5) is 0 Å². The molecule has 1 atom stereocenters. The van der Waals surface area contributed by atoms with Crippen LogP contribution in [0.1, 0.15) is 20.8 Å². The summed E-state index contributed by atoms with van der Waals surface area (Å²) in [6, 6.07) is 0. The smallest absolute Gasteiger partial charge is 0.355 e. The predicted octanol–water partition coefficient (Wildman–Crippen LogP) is -0.880. The highest BCUT2D eigenvalue weighted by Gasteiger charge is 2.44. The molecule has 0 aliphatic rings. The molecule has 0 saturated carbocycles. The van der Waals surface area contributed by atoms with E-state index in [1.165, 1.54) is 12.2 Å². The summed E-state index contributed by atoms with van der Waals surface area (Å²) < 4.78 is 19.5. The Morgan fingerprint density at radius 2 is 1.72 bits per heavy atom. The van der Waals surface area contributed by atoms with Crippen LogP contribution in [0.3, 0.4) is 0 Å². The minimum absolute atomic E-state index is 0. The highest BCUT2D eigenvalue weighted by molar-refractivity contribution is 6.59. The number of hydrogen-bond donors (Lipinski definition) is 0. The Balaban J connectivity index is 0. The van der Waals surface area contributed by atoms with Gasteiger partial charge in [0, 0.05) is 13.2 Å². The summed E-state index contributed by atoms with van der Waals surface area (Å²) in [5.74, 6) is 0. The Morgan fingerprint density at radius 1 is 1.17 bits per heavy atom. The van der Waals surface area contributed by atoms with Crippen LogP contribution in [0.5, 0.6) is 0 Å². The lowest BCUT2D eigenvalue weighted by Gasteiger charge is -2.25. The van der Waals surface area contributed by atoms with E-state index in [1.54, 1.807) is 20.8 Å². The summed E-state index contributed by atoms with van der Waals surface area (Å²) in [5, 5.41) is 0. The molecule has 0 N–H and O–H groups in total. The van der Waals surface area contributed by atoms with Crippen LogP contribution >= 0.6 is 0 Å². The Bertz CT molecular complexity index is 310. The first kappa shape index (κ1) is 19.4. The number of isocyanates is 2. The monoisotopic (exact) mass is 292 g/mol. The van der Waals surface area contributed by atoms with Crippen molar-refractivity contribution in [3.8, 4) is 0 Å². The summed E-state index contributed by atoms with van der Waals surface area (Å²) in [7, 11) is -3.40. The molecule has 0 heterocycles. The van der Waals surface area contributed by atoms with Crippen LogP contribution < -0.4 is 0 Å². The molecule has 0 saturated heterocycles. The molecular formula is C9H20N2O5Si2. The minimum Gasteiger partial charge on any atom is -0.355 e. The van der Waals surface area contributed by atoms with E-state index in [1.807, 2.05) is 0 Å². The van der Waals surface area contributed by atoms with Gasteiger partial charge in [-0.25, -0.2) is 14.6 Å². The van der Waals surface area contributed by atoms with Gasteiger partial charge in [-0.2, -0.15) is 4.66 Å². The Kier molecular flexibility index (Phi) is 12.1. The van der Waals surface area contributed by atoms with E-state index >= 15 is 0 Å². The van der Waals surface area contributed by atoms with Crippen molar-refractivity contribution in [3.05, 3.63) is 0 Å². The number of aliphatic imine (C=N–C) groups is 1. The van der Waals surface area contributed by atoms with Crippen molar-refractivity contribution in [1.82, 2.24) is 0 Å². The van der Waals surface area contributed by atoms with Crippen LogP contribution in [-0.4, -0.2) is 58.0 Å². The van der Waals surface area contributed by atoms with Crippen LogP contribution in [0.15, 0.2) is 9.65 Å². The van der Waals surface area contributed by atoms with Gasteiger partial charge in [0.05, 0.1) is 12.6 Å². The predicted molar refractivity (Wildman–Crippen MR) is 72.0 cm³/mol. The minimum atomic E-state index is -3.40. The van der Waals surface area contributed by atoms with Crippen LogP contribution in [0.25, 0.3) is 0 Å². The molecule has 0 radical (unpaired) electrons. The second kappa shape index (κ2) is 11.2. The molecule has 0 spiro atoms. The van der Waals surface area contributed by atoms with Gasteiger partial charge in [-0.1, -0.05) is 0 Å². The largest absolute Gasteiger partial charge is 0.663 e. The average Bonchev–Trinajstić information content (AvgIpc) is 2.27. The maximum Gasteiger partial charge on any atom is 0.663 e. The van der Waals surface area contributed by atoms with Gasteiger partial charge in [-0.15, -0.1) is 0 Å². The maximum absolute atomic E-state index is 10.4. The molecule has 0 fully saturated rings.